The van der Waals surface area contributed by atoms with E-state index >= 15 is 8.78 Å². The zero-order chi connectivity index (χ0) is 30.6. The highest BCUT2D eigenvalue weighted by Gasteiger charge is 2.33. The quantitative estimate of drug-likeness (QED) is 0.211. The Kier molecular flexibility index (Phi) is 9.37. The molecule has 0 amide bonds. The van der Waals surface area contributed by atoms with Crippen LogP contribution in [0.2, 0.25) is 0 Å². The summed E-state index contributed by atoms with van der Waals surface area (Å²) in [6.07, 6.45) is 1.81. The Morgan fingerprint density at radius 1 is 1.00 bits per heavy atom. The van der Waals surface area contributed by atoms with E-state index in [0.29, 0.717) is 48.8 Å². The maximum atomic E-state index is 15.5. The summed E-state index contributed by atoms with van der Waals surface area (Å²) in [6.45, 7) is 0.473. The first-order valence-electron chi connectivity index (χ1n) is 13.2. The molecule has 1 fully saturated rings. The van der Waals surface area contributed by atoms with Crippen molar-refractivity contribution < 1.29 is 40.5 Å². The average Bonchev–Trinajstić information content (AvgIpc) is 3.55. The molecular weight excluding hydrogens is 607 g/mol. The van der Waals surface area contributed by atoms with Crippen LogP contribution in [0.3, 0.4) is 0 Å². The molecule has 0 N–H and O–H groups in total. The molecule has 3 aromatic carbocycles. The summed E-state index contributed by atoms with van der Waals surface area (Å²) < 4.78 is 98.3. The second-order valence-electron chi connectivity index (χ2n) is 9.72. The van der Waals surface area contributed by atoms with Gasteiger partial charge in [0.15, 0.2) is 11.6 Å². The van der Waals surface area contributed by atoms with Gasteiger partial charge in [-0.05, 0) is 42.2 Å². The summed E-state index contributed by atoms with van der Waals surface area (Å²) >= 11 is 0.776. The molecule has 1 saturated heterocycles. The summed E-state index contributed by atoms with van der Waals surface area (Å²) in [5.74, 6) is -2.53. The largest absolute Gasteiger partial charge is 0.497 e. The minimum Gasteiger partial charge on any atom is -0.497 e. The van der Waals surface area contributed by atoms with Crippen molar-refractivity contribution in [3.63, 3.8) is 0 Å². The monoisotopic (exact) mass is 635 g/mol. The van der Waals surface area contributed by atoms with Gasteiger partial charge in [0.2, 0.25) is 5.13 Å². The van der Waals surface area contributed by atoms with Gasteiger partial charge in [-0.1, -0.05) is 12.1 Å². The van der Waals surface area contributed by atoms with E-state index in [1.807, 2.05) is 0 Å². The van der Waals surface area contributed by atoms with Crippen molar-refractivity contribution in [2.45, 2.75) is 23.8 Å². The number of benzene rings is 3. The van der Waals surface area contributed by atoms with Crippen LogP contribution < -0.4 is 18.5 Å². The number of hydrogen-bond donors (Lipinski definition) is 0. The molecule has 1 aliphatic rings. The van der Waals surface area contributed by atoms with Crippen molar-refractivity contribution in [3.05, 3.63) is 89.5 Å². The van der Waals surface area contributed by atoms with Gasteiger partial charge >= 0.3 is 0 Å². The third-order valence-electron chi connectivity index (χ3n) is 7.15. The van der Waals surface area contributed by atoms with Crippen molar-refractivity contribution in [1.29, 1.82) is 0 Å². The number of nitrogens with zero attached hydrogens (tertiary/aromatic N) is 3. The van der Waals surface area contributed by atoms with Crippen molar-refractivity contribution in [2.24, 2.45) is 5.92 Å². The molecular formula is C29H28F3N3O6S2. The van der Waals surface area contributed by atoms with Gasteiger partial charge < -0.3 is 18.9 Å². The van der Waals surface area contributed by atoms with Gasteiger partial charge in [0.1, 0.15) is 34.4 Å². The molecule has 0 spiro atoms. The van der Waals surface area contributed by atoms with Gasteiger partial charge in [-0.3, -0.25) is 0 Å². The normalized spacial score (nSPS) is 17.0. The lowest BCUT2D eigenvalue weighted by atomic mass is 9.83. The summed E-state index contributed by atoms with van der Waals surface area (Å²) in [5.41, 5.74) is 1.31. The fraction of sp³-hybridized carbons (Fsp3) is 0.310. The highest BCUT2D eigenvalue weighted by molar-refractivity contribution is 7.93. The first-order valence-corrected chi connectivity index (χ1v) is 15.4. The highest BCUT2D eigenvalue weighted by Crippen LogP contribution is 2.36. The van der Waals surface area contributed by atoms with Crippen LogP contribution in [0.25, 0.3) is 0 Å². The van der Waals surface area contributed by atoms with E-state index in [1.165, 1.54) is 26.4 Å². The molecule has 0 aliphatic carbocycles. The van der Waals surface area contributed by atoms with Crippen LogP contribution in [-0.2, 0) is 21.3 Å². The molecule has 0 bridgehead atoms. The van der Waals surface area contributed by atoms with E-state index < -0.39 is 32.3 Å². The minimum absolute atomic E-state index is 0.0291. The molecule has 0 radical (unpaired) electrons. The van der Waals surface area contributed by atoms with Crippen LogP contribution in [0.4, 0.5) is 18.3 Å². The zero-order valence-electron chi connectivity index (χ0n) is 23.2. The lowest BCUT2D eigenvalue weighted by Crippen LogP contribution is -2.32. The summed E-state index contributed by atoms with van der Waals surface area (Å²) in [5, 5.41) is -0.0536. The van der Waals surface area contributed by atoms with E-state index in [2.05, 4.69) is 9.36 Å². The molecule has 0 saturated carbocycles. The first-order chi connectivity index (χ1) is 20.7. The van der Waals surface area contributed by atoms with Crippen LogP contribution in [0.15, 0.2) is 65.8 Å². The Morgan fingerprint density at radius 2 is 1.79 bits per heavy atom. The van der Waals surface area contributed by atoms with E-state index in [1.54, 1.807) is 30.3 Å². The Balaban J connectivity index is 1.40. The summed E-state index contributed by atoms with van der Waals surface area (Å²) in [7, 11) is -1.79. The Bertz CT molecular complexity index is 1660. The Hall–Kier alpha value is -3.88. The van der Waals surface area contributed by atoms with Crippen LogP contribution >= 0.6 is 11.5 Å². The summed E-state index contributed by atoms with van der Waals surface area (Å²) in [4.78, 5) is 3.10. The molecule has 14 heteroatoms. The molecule has 43 heavy (non-hydrogen) atoms. The third kappa shape index (κ3) is 6.71. The van der Waals surface area contributed by atoms with Gasteiger partial charge in [-0.15, -0.1) is 0 Å². The Labute approximate surface area is 251 Å². The predicted molar refractivity (Wildman–Crippen MR) is 153 cm³/mol. The van der Waals surface area contributed by atoms with Crippen LogP contribution in [0, 0.1) is 23.4 Å². The smallest absolute Gasteiger partial charge is 0.269 e. The lowest BCUT2D eigenvalue weighted by Gasteiger charge is -2.32. The van der Waals surface area contributed by atoms with Crippen LogP contribution in [-0.4, -0.2) is 51.8 Å². The number of ether oxygens (including phenoxy) is 4. The zero-order valence-corrected chi connectivity index (χ0v) is 24.8. The third-order valence-corrected chi connectivity index (χ3v) is 9.71. The fourth-order valence-electron chi connectivity index (χ4n) is 4.91. The second kappa shape index (κ2) is 13.2. The predicted octanol–water partition coefficient (Wildman–Crippen LogP) is 5.57. The van der Waals surface area contributed by atoms with Gasteiger partial charge in [-0.2, -0.15) is 4.37 Å². The van der Waals surface area contributed by atoms with E-state index in [0.717, 1.165) is 27.7 Å². The molecule has 2 atom stereocenters. The van der Waals surface area contributed by atoms with Crippen molar-refractivity contribution in [3.8, 4) is 17.2 Å². The summed E-state index contributed by atoms with van der Waals surface area (Å²) in [6, 6.07) is 12.2. The van der Waals surface area contributed by atoms with Crippen molar-refractivity contribution in [1.82, 2.24) is 9.36 Å². The maximum Gasteiger partial charge on any atom is 0.269 e. The number of rotatable bonds is 11. The molecule has 9 nitrogen and oxygen atoms in total. The van der Waals surface area contributed by atoms with Gasteiger partial charge in [-0.25, -0.2) is 30.9 Å². The molecule has 4 aromatic rings. The number of anilines is 1. The first kappa shape index (κ1) is 30.6. The van der Waals surface area contributed by atoms with E-state index in [-0.39, 0.29) is 35.9 Å². The SMILES string of the molecule is COc1ccc(CN(c2ncns2)S(=O)(=O)c2cc(F)c(OC[C@@H]3COCCC3c3ccc(F)cc3)cc2F)c(OC)c1. The topological polar surface area (TPSA) is 100 Å². The van der Waals surface area contributed by atoms with E-state index in [9.17, 15) is 12.8 Å². The number of halogens is 3. The second-order valence-corrected chi connectivity index (χ2v) is 12.3. The molecule has 1 aliphatic heterocycles. The number of hydrogen-bond acceptors (Lipinski definition) is 9. The maximum absolute atomic E-state index is 15.5. The molecule has 5 rings (SSSR count). The molecule has 2 heterocycles. The van der Waals surface area contributed by atoms with Gasteiger partial charge in [0.05, 0.1) is 34.0 Å². The van der Waals surface area contributed by atoms with Crippen LogP contribution in [0.5, 0.6) is 17.2 Å². The molecule has 228 valence electrons. The van der Waals surface area contributed by atoms with Crippen molar-refractivity contribution >= 4 is 26.7 Å². The van der Waals surface area contributed by atoms with E-state index in [4.69, 9.17) is 18.9 Å². The highest BCUT2D eigenvalue weighted by atomic mass is 32.2. The van der Waals surface area contributed by atoms with Crippen molar-refractivity contribution in [2.75, 3.05) is 38.3 Å². The molecule has 1 aromatic heterocycles. The Morgan fingerprint density at radius 3 is 2.49 bits per heavy atom. The van der Waals surface area contributed by atoms with Gasteiger partial charge in [0.25, 0.3) is 10.0 Å². The number of aromatic nitrogens is 2. The lowest BCUT2D eigenvalue weighted by molar-refractivity contribution is 0.0199. The number of sulfonamides is 1. The fourth-order valence-corrected chi connectivity index (χ4v) is 7.10. The standard InChI is InChI=1S/C29H28F3N3O6S2/c1-38-22-8-5-19(26(11-22)39-2)14-35(29-33-17-34-42-29)43(36,37)28-13-24(31)27(12-25(28)32)41-16-20-15-40-10-9-23(20)18-3-6-21(30)7-4-18/h3-8,11-13,17,20,23H,9-10,14-16H2,1-2H3/t20-,23?/m0/s1. The van der Waals surface area contributed by atoms with Crippen LogP contribution in [0.1, 0.15) is 23.5 Å². The average molecular weight is 636 g/mol. The van der Waals surface area contributed by atoms with Gasteiger partial charge in [0, 0.05) is 47.8 Å². The number of methoxy groups -OCH3 is 2. The minimum atomic E-state index is -4.68. The molecule has 1 unspecified atom stereocenters.